The molecule has 58 heavy (non-hydrogen) atoms. The molecule has 2 aromatic carbocycles. The maximum atomic E-state index is 13.4. The van der Waals surface area contributed by atoms with Gasteiger partial charge in [-0.15, -0.1) is 0 Å². The van der Waals surface area contributed by atoms with E-state index in [1.54, 1.807) is 0 Å². The molecule has 6 heterocycles. The molecular formula is C45H63ClN8O4. The molecule has 2 N–H and O–H groups in total. The normalized spacial score (nSPS) is 24.1. The van der Waals surface area contributed by atoms with Gasteiger partial charge in [0.15, 0.2) is 0 Å². The van der Waals surface area contributed by atoms with Gasteiger partial charge in [-0.1, -0.05) is 56.6 Å². The molecule has 12 nitrogen and oxygen atoms in total. The van der Waals surface area contributed by atoms with Crippen molar-refractivity contribution in [3.05, 3.63) is 52.7 Å². The molecule has 0 saturated carbocycles. The van der Waals surface area contributed by atoms with E-state index >= 15 is 0 Å². The Hall–Kier alpha value is -3.71. The molecule has 4 fully saturated rings. The van der Waals surface area contributed by atoms with Crippen LogP contribution in [0, 0.1) is 5.41 Å². The average Bonchev–Trinajstić information content (AvgIpc) is 3.95. The minimum absolute atomic E-state index is 0.0232. The summed E-state index contributed by atoms with van der Waals surface area (Å²) in [6.45, 7) is 15.7. The van der Waals surface area contributed by atoms with Crippen LogP contribution in [0.15, 0.2) is 36.4 Å². The van der Waals surface area contributed by atoms with Crippen molar-refractivity contribution in [3.63, 3.8) is 0 Å². The zero-order valence-electron chi connectivity index (χ0n) is 35.0. The Labute approximate surface area is 349 Å². The molecule has 2 bridgehead atoms. The number of hydrogen-bond acceptors (Lipinski definition) is 10. The fourth-order valence-electron chi connectivity index (χ4n) is 9.92. The van der Waals surface area contributed by atoms with E-state index in [1.165, 1.54) is 18.4 Å². The monoisotopic (exact) mass is 814 g/mol. The van der Waals surface area contributed by atoms with Crippen molar-refractivity contribution in [2.24, 2.45) is 5.41 Å². The third kappa shape index (κ3) is 9.20. The first-order valence-corrected chi connectivity index (χ1v) is 22.3. The van der Waals surface area contributed by atoms with Crippen LogP contribution in [-0.2, 0) is 27.3 Å². The second kappa shape index (κ2) is 17.9. The van der Waals surface area contributed by atoms with E-state index in [1.807, 2.05) is 37.8 Å². The summed E-state index contributed by atoms with van der Waals surface area (Å²) in [5.41, 5.74) is 3.05. The number of amides is 2. The van der Waals surface area contributed by atoms with Gasteiger partial charge in [-0.3, -0.25) is 14.5 Å². The number of nitrogens with one attached hydrogen (secondary N) is 2. The zero-order valence-corrected chi connectivity index (χ0v) is 35.7. The first-order valence-electron chi connectivity index (χ1n) is 21.9. The highest BCUT2D eigenvalue weighted by Crippen LogP contribution is 2.38. The van der Waals surface area contributed by atoms with Crippen molar-refractivity contribution in [2.45, 2.75) is 122 Å². The van der Waals surface area contributed by atoms with Crippen molar-refractivity contribution in [3.8, 4) is 6.01 Å². The van der Waals surface area contributed by atoms with Crippen molar-refractivity contribution in [1.82, 2.24) is 30.4 Å². The van der Waals surface area contributed by atoms with Crippen LogP contribution in [0.5, 0.6) is 6.01 Å². The second-order valence-electron chi connectivity index (χ2n) is 18.3. The van der Waals surface area contributed by atoms with Crippen LogP contribution in [0.2, 0.25) is 5.02 Å². The number of benzene rings is 2. The smallest absolute Gasteiger partial charge is 0.318 e. The highest BCUT2D eigenvalue weighted by atomic mass is 35.5. The van der Waals surface area contributed by atoms with E-state index in [0.29, 0.717) is 44.5 Å². The Morgan fingerprint density at radius 2 is 1.74 bits per heavy atom. The molecule has 5 unspecified atom stereocenters. The lowest BCUT2D eigenvalue weighted by atomic mass is 9.85. The number of likely N-dealkylation sites (tertiary alicyclic amines) is 2. The van der Waals surface area contributed by atoms with Gasteiger partial charge in [0.05, 0.1) is 23.9 Å². The van der Waals surface area contributed by atoms with Crippen molar-refractivity contribution in [2.75, 3.05) is 68.9 Å². The number of aromatic nitrogens is 2. The summed E-state index contributed by atoms with van der Waals surface area (Å²) in [5, 5.41) is 9.80. The van der Waals surface area contributed by atoms with Gasteiger partial charge >= 0.3 is 6.01 Å². The van der Waals surface area contributed by atoms with Crippen molar-refractivity contribution in [1.29, 1.82) is 0 Å². The summed E-state index contributed by atoms with van der Waals surface area (Å²) < 4.78 is 12.5. The molecule has 8 rings (SSSR count). The number of piperazine rings is 1. The lowest BCUT2D eigenvalue weighted by Gasteiger charge is -2.37. The molecule has 2 amide bonds. The second-order valence-corrected chi connectivity index (χ2v) is 18.7. The number of ether oxygens (including phenoxy) is 2. The molecule has 13 heteroatoms. The molecule has 0 aliphatic carbocycles. The predicted molar refractivity (Wildman–Crippen MR) is 230 cm³/mol. The quantitative estimate of drug-likeness (QED) is 0.189. The number of hydrogen-bond donors (Lipinski definition) is 2. The number of halogens is 1. The Morgan fingerprint density at radius 3 is 2.50 bits per heavy atom. The molecule has 1 aromatic heterocycles. The van der Waals surface area contributed by atoms with E-state index in [-0.39, 0.29) is 35.7 Å². The first-order chi connectivity index (χ1) is 28.0. The van der Waals surface area contributed by atoms with Gasteiger partial charge in [-0.25, -0.2) is 0 Å². The Balaban J connectivity index is 0.858. The summed E-state index contributed by atoms with van der Waals surface area (Å²) in [7, 11) is 0. The van der Waals surface area contributed by atoms with Gasteiger partial charge in [0.25, 0.3) is 0 Å². The van der Waals surface area contributed by atoms with Gasteiger partial charge in [0.1, 0.15) is 18.5 Å². The minimum atomic E-state index is -0.547. The standard InChI is InChI=1S/C45H63ClN8O4/c1-30-10-7-22-54(30)43(56)41(45(2,3)4)49-39(55)19-25-57-24-9-21-51-20-8-13-34(51)29-58-44-48-37-28-52(38-15-6-12-31-11-5-14-36(46)40(31)38)23-18-35(37)42(50-44)53-26-32-16-17-33(27-53)47-32/h5-6,11-12,14-15,30,32-34,41,47H,7-10,13,16-29H2,1-4H3,(H,49,55). The van der Waals surface area contributed by atoms with Crippen molar-refractivity contribution < 1.29 is 19.1 Å². The molecule has 4 saturated heterocycles. The van der Waals surface area contributed by atoms with E-state index in [9.17, 15) is 9.59 Å². The molecule has 0 radical (unpaired) electrons. The van der Waals surface area contributed by atoms with Crippen LogP contribution in [0.25, 0.3) is 10.8 Å². The number of anilines is 2. The van der Waals surface area contributed by atoms with E-state index in [2.05, 4.69) is 56.5 Å². The molecule has 0 spiro atoms. The van der Waals surface area contributed by atoms with E-state index in [0.717, 1.165) is 111 Å². The number of rotatable bonds is 14. The topological polar surface area (TPSA) is 115 Å². The molecule has 3 aromatic rings. The number of carbonyl (C=O) groups excluding carboxylic acids is 2. The minimum Gasteiger partial charge on any atom is -0.462 e. The number of carbonyl (C=O) groups is 2. The Morgan fingerprint density at radius 1 is 0.966 bits per heavy atom. The van der Waals surface area contributed by atoms with Crippen LogP contribution in [0.1, 0.15) is 90.3 Å². The molecule has 5 aliphatic heterocycles. The largest absolute Gasteiger partial charge is 0.462 e. The van der Waals surface area contributed by atoms with Crippen LogP contribution in [0.3, 0.4) is 0 Å². The summed E-state index contributed by atoms with van der Waals surface area (Å²) in [4.78, 5) is 45.9. The molecule has 5 atom stereocenters. The maximum absolute atomic E-state index is 13.4. The van der Waals surface area contributed by atoms with Crippen molar-refractivity contribution >= 4 is 45.7 Å². The van der Waals surface area contributed by atoms with E-state index in [4.69, 9.17) is 31.0 Å². The van der Waals surface area contributed by atoms with Gasteiger partial charge in [0, 0.05) is 86.6 Å². The summed E-state index contributed by atoms with van der Waals surface area (Å²) in [6.07, 6.45) is 8.62. The fourth-order valence-corrected chi connectivity index (χ4v) is 10.2. The lowest BCUT2D eigenvalue weighted by molar-refractivity contribution is -0.140. The third-order valence-corrected chi connectivity index (χ3v) is 13.4. The molecular weight excluding hydrogens is 752 g/mol. The number of nitrogens with zero attached hydrogens (tertiary/aromatic N) is 6. The van der Waals surface area contributed by atoms with Gasteiger partial charge in [-0.05, 0) is 87.8 Å². The van der Waals surface area contributed by atoms with E-state index < -0.39 is 6.04 Å². The summed E-state index contributed by atoms with van der Waals surface area (Å²) in [6, 6.07) is 13.9. The average molecular weight is 816 g/mol. The van der Waals surface area contributed by atoms with Crippen LogP contribution < -0.4 is 25.2 Å². The first kappa shape index (κ1) is 41.0. The Kier molecular flexibility index (Phi) is 12.6. The summed E-state index contributed by atoms with van der Waals surface area (Å²) >= 11 is 6.78. The third-order valence-electron chi connectivity index (χ3n) is 13.1. The van der Waals surface area contributed by atoms with Gasteiger partial charge in [0.2, 0.25) is 11.8 Å². The highest BCUT2D eigenvalue weighted by molar-refractivity contribution is 6.36. The molecule has 314 valence electrons. The Bertz CT molecular complexity index is 1920. The van der Waals surface area contributed by atoms with Crippen LogP contribution in [-0.4, -0.2) is 121 Å². The number of fused-ring (bicyclic) bond motifs is 4. The fraction of sp³-hybridized carbons (Fsp3) is 0.644. The van der Waals surface area contributed by atoms with Crippen LogP contribution >= 0.6 is 11.6 Å². The SMILES string of the molecule is CC1CCCN1C(=O)C(NC(=O)CCOCCCN1CCCC1COc1nc2c(c(N3CC4CCC(C3)N4)n1)CCN(c1cccc3cccc(Cl)c13)C2)C(C)(C)C. The zero-order chi connectivity index (χ0) is 40.4. The summed E-state index contributed by atoms with van der Waals surface area (Å²) in [5.74, 6) is 0.930. The van der Waals surface area contributed by atoms with Gasteiger partial charge < -0.3 is 34.8 Å². The highest BCUT2D eigenvalue weighted by Gasteiger charge is 2.39. The van der Waals surface area contributed by atoms with Crippen LogP contribution in [0.4, 0.5) is 11.5 Å². The van der Waals surface area contributed by atoms with Gasteiger partial charge in [-0.2, -0.15) is 9.97 Å². The maximum Gasteiger partial charge on any atom is 0.318 e. The lowest BCUT2D eigenvalue weighted by Crippen LogP contribution is -2.55. The predicted octanol–water partition coefficient (Wildman–Crippen LogP) is 5.97. The molecule has 5 aliphatic rings.